The highest BCUT2D eigenvalue weighted by Crippen LogP contribution is 2.28. The van der Waals surface area contributed by atoms with Crippen LogP contribution in [0.2, 0.25) is 0 Å². The molecule has 0 aromatic heterocycles. The number of aromatic hydroxyl groups is 1. The maximum absolute atomic E-state index is 10.8. The van der Waals surface area contributed by atoms with Gasteiger partial charge in [0.15, 0.2) is 6.29 Å². The Morgan fingerprint density at radius 2 is 1.94 bits per heavy atom. The van der Waals surface area contributed by atoms with Crippen LogP contribution >= 0.6 is 0 Å². The molecule has 0 aliphatic rings. The van der Waals surface area contributed by atoms with Crippen LogP contribution in [0.4, 0.5) is 0 Å². The average Bonchev–Trinajstić information content (AvgIpc) is 2.28. The molecule has 0 spiro atoms. The zero-order valence-electron chi connectivity index (χ0n) is 9.38. The molecular formula is C14H12O3. The monoisotopic (exact) mass is 228 g/mol. The van der Waals surface area contributed by atoms with E-state index < -0.39 is 0 Å². The van der Waals surface area contributed by atoms with Crippen LogP contribution in [0, 0.1) is 6.92 Å². The van der Waals surface area contributed by atoms with E-state index >= 15 is 0 Å². The maximum Gasteiger partial charge on any atom is 0.153 e. The quantitative estimate of drug-likeness (QED) is 0.820. The van der Waals surface area contributed by atoms with Crippen LogP contribution < -0.4 is 4.74 Å². The highest BCUT2D eigenvalue weighted by molar-refractivity contribution is 5.79. The van der Waals surface area contributed by atoms with Gasteiger partial charge in [-0.05, 0) is 36.8 Å². The fourth-order valence-electron chi connectivity index (χ4n) is 1.59. The average molecular weight is 228 g/mol. The molecule has 0 heterocycles. The largest absolute Gasteiger partial charge is 0.508 e. The molecule has 2 rings (SSSR count). The summed E-state index contributed by atoms with van der Waals surface area (Å²) in [7, 11) is 0. The summed E-state index contributed by atoms with van der Waals surface area (Å²) in [5, 5.41) is 9.45. The van der Waals surface area contributed by atoms with Crippen molar-refractivity contribution in [1.29, 1.82) is 0 Å². The third-order valence-corrected chi connectivity index (χ3v) is 2.31. The summed E-state index contributed by atoms with van der Waals surface area (Å²) in [6, 6.07) is 11.9. The van der Waals surface area contributed by atoms with Gasteiger partial charge in [0.1, 0.15) is 17.2 Å². The second-order valence-corrected chi connectivity index (χ2v) is 3.76. The van der Waals surface area contributed by atoms with Gasteiger partial charge in [-0.15, -0.1) is 0 Å². The minimum absolute atomic E-state index is 0.142. The number of phenols is 1. The van der Waals surface area contributed by atoms with E-state index in [1.807, 2.05) is 6.92 Å². The molecular weight excluding hydrogens is 216 g/mol. The van der Waals surface area contributed by atoms with Crippen molar-refractivity contribution in [1.82, 2.24) is 0 Å². The van der Waals surface area contributed by atoms with Crippen LogP contribution in [0.25, 0.3) is 0 Å². The smallest absolute Gasteiger partial charge is 0.153 e. The van der Waals surface area contributed by atoms with Gasteiger partial charge in [-0.1, -0.05) is 12.1 Å². The van der Waals surface area contributed by atoms with Gasteiger partial charge in [0, 0.05) is 6.07 Å². The molecule has 2 aromatic carbocycles. The van der Waals surface area contributed by atoms with Crippen LogP contribution in [-0.4, -0.2) is 11.4 Å². The first-order valence-electron chi connectivity index (χ1n) is 5.22. The predicted octanol–water partition coefficient (Wildman–Crippen LogP) is 3.31. The van der Waals surface area contributed by atoms with Crippen molar-refractivity contribution < 1.29 is 14.6 Å². The van der Waals surface area contributed by atoms with Crippen LogP contribution in [-0.2, 0) is 0 Å². The first kappa shape index (κ1) is 11.2. The molecule has 0 atom stereocenters. The van der Waals surface area contributed by atoms with E-state index in [1.165, 1.54) is 6.07 Å². The van der Waals surface area contributed by atoms with Crippen molar-refractivity contribution >= 4 is 6.29 Å². The van der Waals surface area contributed by atoms with E-state index in [0.29, 0.717) is 17.1 Å². The lowest BCUT2D eigenvalue weighted by Gasteiger charge is -2.08. The van der Waals surface area contributed by atoms with Gasteiger partial charge in [0.05, 0.1) is 5.56 Å². The second kappa shape index (κ2) is 4.70. The van der Waals surface area contributed by atoms with Crippen molar-refractivity contribution in [3.63, 3.8) is 0 Å². The van der Waals surface area contributed by atoms with Crippen molar-refractivity contribution in [2.24, 2.45) is 0 Å². The molecule has 86 valence electrons. The number of aryl methyl sites for hydroxylation is 1. The molecule has 3 heteroatoms. The summed E-state index contributed by atoms with van der Waals surface area (Å²) in [5.41, 5.74) is 1.37. The Bertz CT molecular complexity index is 527. The van der Waals surface area contributed by atoms with E-state index in [2.05, 4.69) is 0 Å². The van der Waals surface area contributed by atoms with Gasteiger partial charge in [-0.25, -0.2) is 0 Å². The topological polar surface area (TPSA) is 46.5 Å². The molecule has 0 amide bonds. The fourth-order valence-corrected chi connectivity index (χ4v) is 1.59. The van der Waals surface area contributed by atoms with E-state index in [1.54, 1.807) is 36.4 Å². The van der Waals surface area contributed by atoms with Crippen LogP contribution in [0.1, 0.15) is 15.9 Å². The molecule has 0 aliphatic heterocycles. The van der Waals surface area contributed by atoms with Crippen molar-refractivity contribution in [2.75, 3.05) is 0 Å². The fraction of sp³-hybridized carbons (Fsp3) is 0.0714. The summed E-state index contributed by atoms with van der Waals surface area (Å²) >= 11 is 0. The molecule has 17 heavy (non-hydrogen) atoms. The molecule has 0 fully saturated rings. The number of phenolic OH excluding ortho intramolecular Hbond substituents is 1. The number of carbonyl (C=O) groups is 1. The lowest BCUT2D eigenvalue weighted by Crippen LogP contribution is -1.90. The Hall–Kier alpha value is -2.29. The van der Waals surface area contributed by atoms with Crippen molar-refractivity contribution in [3.05, 3.63) is 53.6 Å². The Labute approximate surface area is 99.3 Å². The van der Waals surface area contributed by atoms with Crippen LogP contribution in [0.3, 0.4) is 0 Å². The number of benzene rings is 2. The van der Waals surface area contributed by atoms with Gasteiger partial charge < -0.3 is 9.84 Å². The number of para-hydroxylation sites is 1. The molecule has 0 saturated heterocycles. The SMILES string of the molecule is Cc1cc(O)cc(Oc2ccccc2C=O)c1. The summed E-state index contributed by atoms with van der Waals surface area (Å²) in [5.74, 6) is 1.13. The Kier molecular flexibility index (Phi) is 3.10. The third-order valence-electron chi connectivity index (χ3n) is 2.31. The van der Waals surface area contributed by atoms with Crippen molar-refractivity contribution in [3.8, 4) is 17.2 Å². The lowest BCUT2D eigenvalue weighted by molar-refractivity contribution is 0.112. The number of hydrogen-bond donors (Lipinski definition) is 1. The van der Waals surface area contributed by atoms with E-state index in [0.717, 1.165) is 11.8 Å². The third kappa shape index (κ3) is 2.64. The van der Waals surface area contributed by atoms with Gasteiger partial charge in [0.2, 0.25) is 0 Å². The predicted molar refractivity (Wildman–Crippen MR) is 64.7 cm³/mol. The first-order chi connectivity index (χ1) is 8.19. The summed E-state index contributed by atoms with van der Waals surface area (Å²) in [4.78, 5) is 10.8. The summed E-state index contributed by atoms with van der Waals surface area (Å²) in [6.45, 7) is 1.86. The maximum atomic E-state index is 10.8. The van der Waals surface area contributed by atoms with Gasteiger partial charge >= 0.3 is 0 Å². The normalized spacial score (nSPS) is 9.94. The second-order valence-electron chi connectivity index (χ2n) is 3.76. The van der Waals surface area contributed by atoms with Crippen molar-refractivity contribution in [2.45, 2.75) is 6.92 Å². The number of aldehydes is 1. The zero-order valence-corrected chi connectivity index (χ0v) is 9.38. The lowest BCUT2D eigenvalue weighted by atomic mass is 10.2. The standard InChI is InChI=1S/C14H12O3/c1-10-6-12(16)8-13(7-10)17-14-5-3-2-4-11(14)9-15/h2-9,16H,1H3. The zero-order chi connectivity index (χ0) is 12.3. The molecule has 0 unspecified atom stereocenters. The molecule has 1 N–H and O–H groups in total. The highest BCUT2D eigenvalue weighted by atomic mass is 16.5. The summed E-state index contributed by atoms with van der Waals surface area (Å²) < 4.78 is 5.57. The Morgan fingerprint density at radius 3 is 2.65 bits per heavy atom. The molecule has 0 saturated carbocycles. The minimum Gasteiger partial charge on any atom is -0.508 e. The van der Waals surface area contributed by atoms with Gasteiger partial charge in [0.25, 0.3) is 0 Å². The highest BCUT2D eigenvalue weighted by Gasteiger charge is 2.04. The minimum atomic E-state index is 0.142. The molecule has 0 aliphatic carbocycles. The van der Waals surface area contributed by atoms with E-state index in [9.17, 15) is 9.90 Å². The Balaban J connectivity index is 2.34. The summed E-state index contributed by atoms with van der Waals surface area (Å²) in [6.07, 6.45) is 0.741. The molecule has 2 aromatic rings. The van der Waals surface area contributed by atoms with Crippen LogP contribution in [0.5, 0.6) is 17.2 Å². The van der Waals surface area contributed by atoms with Gasteiger partial charge in [-0.2, -0.15) is 0 Å². The Morgan fingerprint density at radius 1 is 1.18 bits per heavy atom. The number of ether oxygens (including phenoxy) is 1. The van der Waals surface area contributed by atoms with E-state index in [4.69, 9.17) is 4.74 Å². The van der Waals surface area contributed by atoms with Gasteiger partial charge in [-0.3, -0.25) is 4.79 Å². The number of carbonyl (C=O) groups excluding carboxylic acids is 1. The van der Waals surface area contributed by atoms with Crippen LogP contribution in [0.15, 0.2) is 42.5 Å². The first-order valence-corrected chi connectivity index (χ1v) is 5.22. The number of rotatable bonds is 3. The number of hydrogen-bond acceptors (Lipinski definition) is 3. The van der Waals surface area contributed by atoms with E-state index in [-0.39, 0.29) is 5.75 Å². The molecule has 0 radical (unpaired) electrons. The molecule has 0 bridgehead atoms. The molecule has 3 nitrogen and oxygen atoms in total.